The number of ether oxygens (including phenoxy) is 1. The molecule has 5 aromatic rings. The van der Waals surface area contributed by atoms with Crippen molar-refractivity contribution in [2.75, 3.05) is 11.1 Å². The molecule has 13 heteroatoms. The molecule has 47 heavy (non-hydrogen) atoms. The molecule has 0 saturated heterocycles. The number of halogens is 1. The molecule has 0 radical (unpaired) electrons. The van der Waals surface area contributed by atoms with Crippen molar-refractivity contribution in [2.45, 2.75) is 55.9 Å². The standard InChI is InChI=1S/C34H33ClN6O4S2/c35-27-12-14-28(15-13-27)47(43,44)18-4-6-24-10-16-31(45-21-32-38-40-41-39-32)29(20-24)37-34(42)26-9-3-5-23(19-26)11-17-33-36-30(22-46-33)25-7-1-2-8-25/h3,5,9-17,19-20,22,25H,1-2,4,6-8,18,21H2,(H,37,42)(H,38,39,40,41). The number of H-pyrrole nitrogens is 1. The van der Waals surface area contributed by atoms with E-state index in [2.05, 4.69) is 31.3 Å². The van der Waals surface area contributed by atoms with Crippen molar-refractivity contribution in [3.05, 3.63) is 110 Å². The lowest BCUT2D eigenvalue weighted by atomic mass is 10.1. The summed E-state index contributed by atoms with van der Waals surface area (Å²) in [5, 5.41) is 20.3. The number of aryl methyl sites for hydroxylation is 1. The Kier molecular flexibility index (Phi) is 10.4. The molecule has 3 aromatic carbocycles. The number of sulfone groups is 1. The van der Waals surface area contributed by atoms with Crippen LogP contribution < -0.4 is 10.1 Å². The molecule has 10 nitrogen and oxygen atoms in total. The van der Waals surface area contributed by atoms with Gasteiger partial charge in [-0.3, -0.25) is 4.79 Å². The highest BCUT2D eigenvalue weighted by Gasteiger charge is 2.19. The summed E-state index contributed by atoms with van der Waals surface area (Å²) in [7, 11) is -3.47. The van der Waals surface area contributed by atoms with E-state index in [1.54, 1.807) is 41.7 Å². The van der Waals surface area contributed by atoms with Crippen molar-refractivity contribution in [3.63, 3.8) is 0 Å². The number of tetrazole rings is 1. The van der Waals surface area contributed by atoms with Crippen LogP contribution in [0.3, 0.4) is 0 Å². The van der Waals surface area contributed by atoms with E-state index in [9.17, 15) is 13.2 Å². The third-order valence-electron chi connectivity index (χ3n) is 7.97. The zero-order chi connectivity index (χ0) is 32.6. The smallest absolute Gasteiger partial charge is 0.255 e. The molecule has 0 atom stereocenters. The maximum Gasteiger partial charge on any atom is 0.255 e. The monoisotopic (exact) mass is 688 g/mol. The molecule has 0 unspecified atom stereocenters. The Morgan fingerprint density at radius 2 is 1.89 bits per heavy atom. The minimum atomic E-state index is -3.47. The summed E-state index contributed by atoms with van der Waals surface area (Å²) in [6.45, 7) is 0.0392. The van der Waals surface area contributed by atoms with Gasteiger partial charge in [0.25, 0.3) is 5.91 Å². The molecule has 2 N–H and O–H groups in total. The maximum absolute atomic E-state index is 13.5. The van der Waals surface area contributed by atoms with Gasteiger partial charge in [0.05, 0.1) is 22.0 Å². The van der Waals surface area contributed by atoms with Gasteiger partial charge in [-0.05, 0) is 91.4 Å². The van der Waals surface area contributed by atoms with Crippen molar-refractivity contribution >= 4 is 56.5 Å². The van der Waals surface area contributed by atoms with Gasteiger partial charge >= 0.3 is 0 Å². The normalized spacial score (nSPS) is 13.7. The average molecular weight is 689 g/mol. The second-order valence-electron chi connectivity index (χ2n) is 11.3. The van der Waals surface area contributed by atoms with E-state index in [0.717, 1.165) is 16.1 Å². The van der Waals surface area contributed by atoms with Crippen LogP contribution in [0.2, 0.25) is 5.02 Å². The Labute approximate surface area is 282 Å². The zero-order valence-corrected chi connectivity index (χ0v) is 27.8. The summed E-state index contributed by atoms with van der Waals surface area (Å²) < 4.78 is 31.6. The predicted octanol–water partition coefficient (Wildman–Crippen LogP) is 7.38. The molecule has 0 spiro atoms. The molecule has 2 heterocycles. The van der Waals surface area contributed by atoms with E-state index < -0.39 is 9.84 Å². The summed E-state index contributed by atoms with van der Waals surface area (Å²) >= 11 is 7.55. The topological polar surface area (TPSA) is 140 Å². The first-order valence-corrected chi connectivity index (χ1v) is 18.2. The van der Waals surface area contributed by atoms with Gasteiger partial charge in [0, 0.05) is 21.9 Å². The highest BCUT2D eigenvalue weighted by Crippen LogP contribution is 2.35. The van der Waals surface area contributed by atoms with Gasteiger partial charge in [-0.1, -0.05) is 53.9 Å². The molecule has 1 amide bonds. The van der Waals surface area contributed by atoms with E-state index in [0.29, 0.717) is 46.6 Å². The lowest BCUT2D eigenvalue weighted by Crippen LogP contribution is -2.14. The first kappa shape index (κ1) is 32.5. The Morgan fingerprint density at radius 3 is 2.68 bits per heavy atom. The van der Waals surface area contributed by atoms with Crippen LogP contribution in [-0.4, -0.2) is 45.7 Å². The van der Waals surface area contributed by atoms with Gasteiger partial charge < -0.3 is 10.1 Å². The Balaban J connectivity index is 1.14. The van der Waals surface area contributed by atoms with Gasteiger partial charge in [-0.2, -0.15) is 5.21 Å². The molecule has 1 fully saturated rings. The highest BCUT2D eigenvalue weighted by molar-refractivity contribution is 7.91. The minimum Gasteiger partial charge on any atom is -0.483 e. The molecule has 0 aliphatic heterocycles. The third kappa shape index (κ3) is 8.70. The van der Waals surface area contributed by atoms with Crippen LogP contribution in [0.4, 0.5) is 5.69 Å². The number of carbonyl (C=O) groups excluding carboxylic acids is 1. The zero-order valence-electron chi connectivity index (χ0n) is 25.4. The van der Waals surface area contributed by atoms with Crippen LogP contribution in [0.1, 0.15) is 76.0 Å². The van der Waals surface area contributed by atoms with Crippen LogP contribution in [0.5, 0.6) is 5.75 Å². The van der Waals surface area contributed by atoms with E-state index in [-0.39, 0.29) is 23.2 Å². The Morgan fingerprint density at radius 1 is 1.06 bits per heavy atom. The number of carbonyl (C=O) groups is 1. The van der Waals surface area contributed by atoms with E-state index in [4.69, 9.17) is 21.3 Å². The van der Waals surface area contributed by atoms with Crippen molar-refractivity contribution < 1.29 is 17.9 Å². The molecule has 2 aromatic heterocycles. The summed E-state index contributed by atoms with van der Waals surface area (Å²) in [6, 6.07) is 18.9. The van der Waals surface area contributed by atoms with Crippen LogP contribution >= 0.6 is 22.9 Å². The molecule has 0 bridgehead atoms. The molecule has 242 valence electrons. The Bertz CT molecular complexity index is 1950. The van der Waals surface area contributed by atoms with Gasteiger partial charge in [-0.15, -0.1) is 21.5 Å². The first-order valence-electron chi connectivity index (χ1n) is 15.3. The van der Waals surface area contributed by atoms with Gasteiger partial charge in [-0.25, -0.2) is 13.4 Å². The minimum absolute atomic E-state index is 0.0321. The fourth-order valence-electron chi connectivity index (χ4n) is 5.50. The molecule has 6 rings (SSSR count). The maximum atomic E-state index is 13.5. The highest BCUT2D eigenvalue weighted by atomic mass is 35.5. The molecule has 1 aliphatic rings. The van der Waals surface area contributed by atoms with Crippen molar-refractivity contribution in [3.8, 4) is 5.75 Å². The number of hydrogen-bond acceptors (Lipinski definition) is 9. The number of nitrogens with zero attached hydrogens (tertiary/aromatic N) is 4. The number of hydrogen-bond donors (Lipinski definition) is 2. The number of amides is 1. The number of thiazole rings is 1. The Hall–Kier alpha value is -4.39. The second kappa shape index (κ2) is 15.0. The molecule has 1 aliphatic carbocycles. The summed E-state index contributed by atoms with van der Waals surface area (Å²) in [4.78, 5) is 18.5. The lowest BCUT2D eigenvalue weighted by Gasteiger charge is -2.14. The molecule has 1 saturated carbocycles. The lowest BCUT2D eigenvalue weighted by molar-refractivity contribution is 0.102. The van der Waals surface area contributed by atoms with Crippen LogP contribution in [0, 0.1) is 0 Å². The first-order chi connectivity index (χ1) is 22.8. The number of benzene rings is 3. The largest absolute Gasteiger partial charge is 0.483 e. The van der Waals surface area contributed by atoms with Crippen molar-refractivity contribution in [1.82, 2.24) is 25.6 Å². The fourth-order valence-corrected chi connectivity index (χ4v) is 7.73. The number of rotatable bonds is 13. The third-order valence-corrected chi connectivity index (χ3v) is 10.9. The van der Waals surface area contributed by atoms with Gasteiger partial charge in [0.2, 0.25) is 5.82 Å². The quantitative estimate of drug-likeness (QED) is 0.131. The molecular weight excluding hydrogens is 656 g/mol. The summed E-state index contributed by atoms with van der Waals surface area (Å²) in [6.07, 6.45) is 9.78. The van der Waals surface area contributed by atoms with E-state index in [1.165, 1.54) is 43.5 Å². The number of nitrogens with one attached hydrogen (secondary N) is 2. The van der Waals surface area contributed by atoms with Gasteiger partial charge in [0.1, 0.15) is 10.8 Å². The van der Waals surface area contributed by atoms with Crippen LogP contribution in [0.15, 0.2) is 77.0 Å². The van der Waals surface area contributed by atoms with E-state index >= 15 is 0 Å². The molecular formula is C34H33ClN6O4S2. The predicted molar refractivity (Wildman–Crippen MR) is 183 cm³/mol. The van der Waals surface area contributed by atoms with Gasteiger partial charge in [0.15, 0.2) is 16.4 Å². The average Bonchev–Trinajstić information content (AvgIpc) is 3.87. The number of anilines is 1. The van der Waals surface area contributed by atoms with Crippen molar-refractivity contribution in [2.24, 2.45) is 0 Å². The van der Waals surface area contributed by atoms with Crippen molar-refractivity contribution in [1.29, 1.82) is 0 Å². The number of aromatic amines is 1. The summed E-state index contributed by atoms with van der Waals surface area (Å²) in [5.74, 6) is 0.995. The summed E-state index contributed by atoms with van der Waals surface area (Å²) in [5.41, 5.74) is 3.82. The van der Waals surface area contributed by atoms with Crippen LogP contribution in [-0.2, 0) is 22.9 Å². The SMILES string of the molecule is O=C(Nc1cc(CCCS(=O)(=O)c2ccc(Cl)cc2)ccc1OCc1nn[nH]n1)c1cccc(C=Cc2nc(C3CCCC3)cs2)c1. The van der Waals surface area contributed by atoms with Crippen LogP contribution in [0.25, 0.3) is 12.2 Å². The van der Waals surface area contributed by atoms with E-state index in [1.807, 2.05) is 36.4 Å². The fraction of sp³-hybridized carbons (Fsp3) is 0.265. The number of aromatic nitrogens is 5. The second-order valence-corrected chi connectivity index (χ2v) is 14.8.